The summed E-state index contributed by atoms with van der Waals surface area (Å²) in [5.41, 5.74) is 0.858. The van der Waals surface area contributed by atoms with Crippen LogP contribution >= 0.6 is 0 Å². The van der Waals surface area contributed by atoms with Gasteiger partial charge in [-0.25, -0.2) is 4.79 Å². The molecule has 3 rings (SSSR count). The van der Waals surface area contributed by atoms with Crippen LogP contribution in [0.25, 0.3) is 22.3 Å². The van der Waals surface area contributed by atoms with Crippen LogP contribution in [0, 0.1) is 0 Å². The molecule has 1 amide bonds. The van der Waals surface area contributed by atoms with E-state index >= 15 is 0 Å². The predicted molar refractivity (Wildman–Crippen MR) is 88.0 cm³/mol. The molecule has 0 aliphatic carbocycles. The van der Waals surface area contributed by atoms with Crippen LogP contribution in [-0.4, -0.2) is 22.8 Å². The van der Waals surface area contributed by atoms with Crippen molar-refractivity contribution < 1.29 is 19.1 Å². The summed E-state index contributed by atoms with van der Waals surface area (Å²) < 4.78 is 10.6. The molecule has 0 aliphatic heterocycles. The largest absolute Gasteiger partial charge is 0.508 e. The summed E-state index contributed by atoms with van der Waals surface area (Å²) in [7, 11) is 0. The van der Waals surface area contributed by atoms with Crippen LogP contribution in [0.5, 0.6) is 5.75 Å². The van der Waals surface area contributed by atoms with Crippen LogP contribution in [-0.2, 0) is 4.74 Å². The molecule has 0 bridgehead atoms. The van der Waals surface area contributed by atoms with Crippen LogP contribution in [0.2, 0.25) is 0 Å². The number of pyridine rings is 1. The van der Waals surface area contributed by atoms with Crippen LogP contribution in [0.4, 0.5) is 10.5 Å². The van der Waals surface area contributed by atoms with E-state index in [4.69, 9.17) is 9.15 Å². The van der Waals surface area contributed by atoms with Gasteiger partial charge in [-0.15, -0.1) is 0 Å². The smallest absolute Gasteiger partial charge is 0.411 e. The number of carbonyl (C=O) groups is 1. The minimum atomic E-state index is -0.613. The van der Waals surface area contributed by atoms with Crippen LogP contribution in [0.3, 0.4) is 0 Å². The molecular formula is C17H14N2O5. The molecule has 0 atom stereocenters. The topological polar surface area (TPSA) is 102 Å². The first-order chi connectivity index (χ1) is 11.6. The third-order valence-electron chi connectivity index (χ3n) is 3.31. The van der Waals surface area contributed by atoms with Gasteiger partial charge in [-0.1, -0.05) is 0 Å². The van der Waals surface area contributed by atoms with E-state index in [1.165, 1.54) is 36.7 Å². The summed E-state index contributed by atoms with van der Waals surface area (Å²) >= 11 is 0. The molecule has 0 unspecified atom stereocenters. The van der Waals surface area contributed by atoms with E-state index in [-0.39, 0.29) is 28.9 Å². The number of amides is 1. The molecule has 2 aromatic heterocycles. The maximum absolute atomic E-state index is 12.3. The fourth-order valence-corrected chi connectivity index (χ4v) is 2.25. The lowest BCUT2D eigenvalue weighted by Gasteiger charge is -2.10. The number of hydrogen-bond acceptors (Lipinski definition) is 6. The molecule has 0 saturated carbocycles. The van der Waals surface area contributed by atoms with Crippen LogP contribution < -0.4 is 10.7 Å². The SMILES string of the molecule is CCOC(=O)Nc1ccncc1-c1cc(=O)c2cc(O)ccc2o1. The quantitative estimate of drug-likeness (QED) is 0.766. The number of aromatic hydroxyl groups is 1. The monoisotopic (exact) mass is 326 g/mol. The highest BCUT2D eigenvalue weighted by molar-refractivity contribution is 5.91. The molecule has 0 saturated heterocycles. The number of nitrogens with one attached hydrogen (secondary N) is 1. The van der Waals surface area contributed by atoms with Gasteiger partial charge in [0.05, 0.1) is 23.2 Å². The van der Waals surface area contributed by atoms with Gasteiger partial charge >= 0.3 is 6.09 Å². The molecule has 2 N–H and O–H groups in total. The zero-order chi connectivity index (χ0) is 17.1. The van der Waals surface area contributed by atoms with Crippen molar-refractivity contribution in [3.8, 4) is 17.1 Å². The first-order valence-electron chi connectivity index (χ1n) is 7.23. The highest BCUT2D eigenvalue weighted by Gasteiger charge is 2.13. The first-order valence-corrected chi connectivity index (χ1v) is 7.23. The summed E-state index contributed by atoms with van der Waals surface area (Å²) in [5.74, 6) is 0.228. The Morgan fingerprint density at radius 1 is 1.33 bits per heavy atom. The Morgan fingerprint density at radius 2 is 2.17 bits per heavy atom. The van der Waals surface area contributed by atoms with Crippen LogP contribution in [0.15, 0.2) is 51.9 Å². The summed E-state index contributed by atoms with van der Waals surface area (Å²) in [5, 5.41) is 12.3. The van der Waals surface area contributed by atoms with Gasteiger partial charge in [-0.3, -0.25) is 15.1 Å². The maximum Gasteiger partial charge on any atom is 0.411 e. The summed E-state index contributed by atoms with van der Waals surface area (Å²) in [6, 6.07) is 7.13. The molecule has 0 radical (unpaired) electrons. The van der Waals surface area contributed by atoms with Gasteiger partial charge in [-0.2, -0.15) is 0 Å². The Kier molecular flexibility index (Phi) is 4.15. The molecule has 2 heterocycles. The van der Waals surface area contributed by atoms with Crippen molar-refractivity contribution in [1.29, 1.82) is 0 Å². The van der Waals surface area contributed by atoms with E-state index < -0.39 is 6.09 Å². The second kappa shape index (κ2) is 6.41. The number of benzene rings is 1. The Hall–Kier alpha value is -3.35. The summed E-state index contributed by atoms with van der Waals surface area (Å²) in [6.45, 7) is 1.94. The fraction of sp³-hybridized carbons (Fsp3) is 0.118. The molecule has 0 spiro atoms. The Morgan fingerprint density at radius 3 is 2.96 bits per heavy atom. The fourth-order valence-electron chi connectivity index (χ4n) is 2.25. The number of ether oxygens (including phenoxy) is 1. The van der Waals surface area contributed by atoms with Gasteiger partial charge in [0.15, 0.2) is 5.43 Å². The lowest BCUT2D eigenvalue weighted by molar-refractivity contribution is 0.168. The number of nitrogens with zero attached hydrogens (tertiary/aromatic N) is 1. The van der Waals surface area contributed by atoms with Crippen molar-refractivity contribution in [1.82, 2.24) is 4.98 Å². The van der Waals surface area contributed by atoms with E-state index in [0.717, 1.165) is 0 Å². The number of anilines is 1. The van der Waals surface area contributed by atoms with E-state index in [0.29, 0.717) is 16.8 Å². The van der Waals surface area contributed by atoms with E-state index in [9.17, 15) is 14.7 Å². The van der Waals surface area contributed by atoms with Gasteiger partial charge in [0, 0.05) is 18.5 Å². The van der Waals surface area contributed by atoms with Gasteiger partial charge < -0.3 is 14.3 Å². The predicted octanol–water partition coefficient (Wildman–Crippen LogP) is 3.13. The van der Waals surface area contributed by atoms with Crippen molar-refractivity contribution in [2.45, 2.75) is 6.92 Å². The zero-order valence-electron chi connectivity index (χ0n) is 12.8. The standard InChI is InChI=1S/C17H14N2O5/c1-2-23-17(22)19-13-5-6-18-9-12(13)16-8-14(21)11-7-10(20)3-4-15(11)24-16/h3-9,20H,2H2,1H3,(H,18,19,22). The maximum atomic E-state index is 12.3. The molecule has 7 nitrogen and oxygen atoms in total. The summed E-state index contributed by atoms with van der Waals surface area (Å²) in [4.78, 5) is 27.9. The molecule has 122 valence electrons. The number of fused-ring (bicyclic) bond motifs is 1. The van der Waals surface area contributed by atoms with Gasteiger partial charge in [0.25, 0.3) is 0 Å². The average Bonchev–Trinajstić information content (AvgIpc) is 2.56. The van der Waals surface area contributed by atoms with Gasteiger partial charge in [0.2, 0.25) is 0 Å². The summed E-state index contributed by atoms with van der Waals surface area (Å²) in [6.07, 6.45) is 2.37. The van der Waals surface area contributed by atoms with Gasteiger partial charge in [0.1, 0.15) is 17.1 Å². The van der Waals surface area contributed by atoms with Crippen molar-refractivity contribution >= 4 is 22.7 Å². The van der Waals surface area contributed by atoms with E-state index in [1.807, 2.05) is 0 Å². The lowest BCUT2D eigenvalue weighted by atomic mass is 10.1. The minimum Gasteiger partial charge on any atom is -0.508 e. The number of aromatic nitrogens is 1. The molecule has 1 aromatic carbocycles. The second-order valence-electron chi connectivity index (χ2n) is 4.92. The van der Waals surface area contributed by atoms with Crippen molar-refractivity contribution in [2.24, 2.45) is 0 Å². The second-order valence-corrected chi connectivity index (χ2v) is 4.92. The van der Waals surface area contributed by atoms with E-state index in [2.05, 4.69) is 10.3 Å². The molecule has 0 fully saturated rings. The number of phenols is 1. The minimum absolute atomic E-state index is 0.0198. The molecular weight excluding hydrogens is 312 g/mol. The van der Waals surface area contributed by atoms with Gasteiger partial charge in [-0.05, 0) is 31.2 Å². The first kappa shape index (κ1) is 15.5. The Balaban J connectivity index is 2.09. The lowest BCUT2D eigenvalue weighted by Crippen LogP contribution is -2.14. The Bertz CT molecular complexity index is 965. The van der Waals surface area contributed by atoms with Crippen molar-refractivity contribution in [3.05, 3.63) is 52.9 Å². The molecule has 24 heavy (non-hydrogen) atoms. The number of rotatable bonds is 3. The molecule has 7 heteroatoms. The van der Waals surface area contributed by atoms with Crippen molar-refractivity contribution in [3.63, 3.8) is 0 Å². The highest BCUT2D eigenvalue weighted by atomic mass is 16.5. The Labute approximate surface area is 136 Å². The molecule has 0 aliphatic rings. The third kappa shape index (κ3) is 3.05. The number of phenolic OH excluding ortho intramolecular Hbond substituents is 1. The van der Waals surface area contributed by atoms with Crippen LogP contribution in [0.1, 0.15) is 6.92 Å². The third-order valence-corrected chi connectivity index (χ3v) is 3.31. The number of carbonyl (C=O) groups excluding carboxylic acids is 1. The normalized spacial score (nSPS) is 10.5. The van der Waals surface area contributed by atoms with Crippen molar-refractivity contribution in [2.75, 3.05) is 11.9 Å². The zero-order valence-corrected chi connectivity index (χ0v) is 12.8. The average molecular weight is 326 g/mol. The highest BCUT2D eigenvalue weighted by Crippen LogP contribution is 2.29. The molecule has 3 aromatic rings. The van der Waals surface area contributed by atoms with E-state index in [1.54, 1.807) is 13.0 Å². The number of hydrogen-bond donors (Lipinski definition) is 2.